The van der Waals surface area contributed by atoms with Gasteiger partial charge in [-0.25, -0.2) is 4.21 Å². The second-order valence-electron chi connectivity index (χ2n) is 2.21. The molecule has 0 heterocycles. The molecule has 0 saturated heterocycles. The highest BCUT2D eigenvalue weighted by Gasteiger charge is 2.08. The van der Waals surface area contributed by atoms with Crippen LogP contribution in [-0.4, -0.2) is 9.96 Å². The molecule has 1 rings (SSSR count). The molecule has 0 bridgehead atoms. The van der Waals surface area contributed by atoms with Crippen molar-refractivity contribution in [1.82, 2.24) is 0 Å². The molecule has 0 amide bonds. The smallest absolute Gasteiger partial charge is 0.207 e. The SMILES string of the molecule is CCSc1ccccc1S(=O)ON. The average Bonchev–Trinajstić information content (AvgIpc) is 2.18. The molecule has 0 fully saturated rings. The van der Waals surface area contributed by atoms with E-state index in [1.807, 2.05) is 25.1 Å². The minimum Gasteiger partial charge on any atom is -0.223 e. The minimum absolute atomic E-state index is 0.636. The molecule has 1 atom stereocenters. The van der Waals surface area contributed by atoms with Crippen LogP contribution >= 0.6 is 11.8 Å². The fourth-order valence-corrected chi connectivity index (χ4v) is 2.52. The van der Waals surface area contributed by atoms with Gasteiger partial charge >= 0.3 is 0 Å². The Hall–Kier alpha value is -0.360. The van der Waals surface area contributed by atoms with Gasteiger partial charge in [0.2, 0.25) is 11.1 Å². The number of thioether (sulfide) groups is 1. The Morgan fingerprint density at radius 3 is 2.85 bits per heavy atom. The van der Waals surface area contributed by atoms with Gasteiger partial charge in [-0.1, -0.05) is 19.1 Å². The van der Waals surface area contributed by atoms with Crippen LogP contribution in [0.3, 0.4) is 0 Å². The van der Waals surface area contributed by atoms with Crippen molar-refractivity contribution in [2.75, 3.05) is 5.75 Å². The lowest BCUT2D eigenvalue weighted by atomic mass is 10.4. The van der Waals surface area contributed by atoms with Crippen LogP contribution in [0.2, 0.25) is 0 Å². The van der Waals surface area contributed by atoms with Gasteiger partial charge < -0.3 is 0 Å². The highest BCUT2D eigenvalue weighted by Crippen LogP contribution is 2.24. The lowest BCUT2D eigenvalue weighted by Gasteiger charge is -2.04. The van der Waals surface area contributed by atoms with E-state index in [0.29, 0.717) is 4.90 Å². The molecule has 0 spiro atoms. The molecule has 0 aliphatic rings. The van der Waals surface area contributed by atoms with Gasteiger partial charge in [-0.3, -0.25) is 0 Å². The summed E-state index contributed by atoms with van der Waals surface area (Å²) in [4.78, 5) is 1.59. The highest BCUT2D eigenvalue weighted by molar-refractivity contribution is 7.99. The largest absolute Gasteiger partial charge is 0.223 e. The summed E-state index contributed by atoms with van der Waals surface area (Å²) < 4.78 is 15.5. The van der Waals surface area contributed by atoms with E-state index in [-0.39, 0.29) is 0 Å². The third kappa shape index (κ3) is 2.80. The van der Waals surface area contributed by atoms with Gasteiger partial charge in [0, 0.05) is 4.90 Å². The van der Waals surface area contributed by atoms with Gasteiger partial charge in [-0.2, -0.15) is 10.2 Å². The first kappa shape index (κ1) is 10.7. The van der Waals surface area contributed by atoms with E-state index in [2.05, 4.69) is 4.28 Å². The zero-order valence-corrected chi connectivity index (χ0v) is 8.86. The molecule has 0 aliphatic carbocycles. The maximum absolute atomic E-state index is 11.3. The molecule has 0 saturated carbocycles. The van der Waals surface area contributed by atoms with E-state index < -0.39 is 11.1 Å². The van der Waals surface area contributed by atoms with E-state index >= 15 is 0 Å². The van der Waals surface area contributed by atoms with Crippen molar-refractivity contribution in [3.8, 4) is 0 Å². The maximum atomic E-state index is 11.3. The summed E-state index contributed by atoms with van der Waals surface area (Å²) in [7, 11) is 0. The summed E-state index contributed by atoms with van der Waals surface area (Å²) in [5.74, 6) is 5.79. The van der Waals surface area contributed by atoms with Gasteiger partial charge in [-0.05, 0) is 17.9 Å². The Kier molecular flexibility index (Phi) is 4.44. The first-order valence-electron chi connectivity index (χ1n) is 3.80. The van der Waals surface area contributed by atoms with Crippen molar-refractivity contribution in [2.24, 2.45) is 5.90 Å². The Morgan fingerprint density at radius 1 is 1.54 bits per heavy atom. The van der Waals surface area contributed by atoms with Crippen LogP contribution in [0.25, 0.3) is 0 Å². The first-order chi connectivity index (χ1) is 6.29. The zero-order valence-electron chi connectivity index (χ0n) is 7.23. The number of nitrogens with two attached hydrogens (primary N) is 1. The molecule has 1 unspecified atom stereocenters. The molecule has 1 aromatic carbocycles. The van der Waals surface area contributed by atoms with Crippen LogP contribution in [0.15, 0.2) is 34.1 Å². The summed E-state index contributed by atoms with van der Waals surface area (Å²) >= 11 is 0.0705. The molecule has 0 aliphatic heterocycles. The summed E-state index contributed by atoms with van der Waals surface area (Å²) in [6.45, 7) is 2.04. The Balaban J connectivity index is 2.97. The topological polar surface area (TPSA) is 52.3 Å². The van der Waals surface area contributed by atoms with Gasteiger partial charge in [-0.15, -0.1) is 11.8 Å². The van der Waals surface area contributed by atoms with E-state index in [1.165, 1.54) is 0 Å². The Labute approximate surface area is 84.3 Å². The number of hydrogen-bond acceptors (Lipinski definition) is 4. The molecular formula is C8H11NO2S2. The summed E-state index contributed by atoms with van der Waals surface area (Å²) in [6.07, 6.45) is 0. The van der Waals surface area contributed by atoms with E-state index in [4.69, 9.17) is 5.90 Å². The van der Waals surface area contributed by atoms with Crippen molar-refractivity contribution in [3.63, 3.8) is 0 Å². The van der Waals surface area contributed by atoms with Crippen molar-refractivity contribution >= 4 is 22.8 Å². The normalized spacial score (nSPS) is 12.8. The van der Waals surface area contributed by atoms with Gasteiger partial charge in [0.15, 0.2) is 0 Å². The van der Waals surface area contributed by atoms with E-state index in [9.17, 15) is 4.21 Å². The third-order valence-corrected chi connectivity index (χ3v) is 3.39. The van der Waals surface area contributed by atoms with Gasteiger partial charge in [0.25, 0.3) is 0 Å². The van der Waals surface area contributed by atoms with Gasteiger partial charge in [0.1, 0.15) is 0 Å². The second-order valence-corrected chi connectivity index (χ2v) is 4.62. The van der Waals surface area contributed by atoms with Crippen LogP contribution in [-0.2, 0) is 15.4 Å². The fourth-order valence-electron chi connectivity index (χ4n) is 0.914. The first-order valence-corrected chi connectivity index (χ1v) is 5.86. The van der Waals surface area contributed by atoms with Gasteiger partial charge in [0.05, 0.1) is 4.90 Å². The van der Waals surface area contributed by atoms with Crippen LogP contribution in [0.1, 0.15) is 6.92 Å². The number of hydrogen-bond donors (Lipinski definition) is 1. The molecule has 0 radical (unpaired) electrons. The molecular weight excluding hydrogens is 206 g/mol. The summed E-state index contributed by atoms with van der Waals surface area (Å²) in [5, 5.41) is 0. The standard InChI is InChI=1S/C8H11NO2S2/c1-2-12-7-5-3-4-6-8(7)13(10)11-9/h3-6H,2,9H2,1H3. The zero-order chi connectivity index (χ0) is 9.68. The second kappa shape index (κ2) is 5.39. The maximum Gasteiger partial charge on any atom is 0.207 e. The van der Waals surface area contributed by atoms with E-state index in [1.54, 1.807) is 17.8 Å². The van der Waals surface area contributed by atoms with Crippen LogP contribution in [0.5, 0.6) is 0 Å². The summed E-state index contributed by atoms with van der Waals surface area (Å²) in [6, 6.07) is 7.36. The molecule has 13 heavy (non-hydrogen) atoms. The van der Waals surface area contributed by atoms with Crippen molar-refractivity contribution in [3.05, 3.63) is 24.3 Å². The molecule has 2 N–H and O–H groups in total. The predicted molar refractivity (Wildman–Crippen MR) is 54.5 cm³/mol. The van der Waals surface area contributed by atoms with Crippen LogP contribution < -0.4 is 5.90 Å². The summed E-state index contributed by atoms with van der Waals surface area (Å²) in [5.41, 5.74) is 0. The molecule has 0 aromatic heterocycles. The van der Waals surface area contributed by atoms with E-state index in [0.717, 1.165) is 10.6 Å². The van der Waals surface area contributed by atoms with Crippen LogP contribution in [0.4, 0.5) is 0 Å². The van der Waals surface area contributed by atoms with Crippen LogP contribution in [0, 0.1) is 0 Å². The fraction of sp³-hybridized carbons (Fsp3) is 0.250. The van der Waals surface area contributed by atoms with Crippen molar-refractivity contribution < 1.29 is 8.49 Å². The lowest BCUT2D eigenvalue weighted by molar-refractivity contribution is 0.366. The lowest BCUT2D eigenvalue weighted by Crippen LogP contribution is -2.04. The quantitative estimate of drug-likeness (QED) is 0.616. The predicted octanol–water partition coefficient (Wildman–Crippen LogP) is 1.71. The highest BCUT2D eigenvalue weighted by atomic mass is 32.2. The molecule has 5 heteroatoms. The van der Waals surface area contributed by atoms with Crippen molar-refractivity contribution in [1.29, 1.82) is 0 Å². The number of benzene rings is 1. The monoisotopic (exact) mass is 217 g/mol. The Morgan fingerprint density at radius 2 is 2.23 bits per heavy atom. The average molecular weight is 217 g/mol. The Bertz CT molecular complexity index is 304. The minimum atomic E-state index is -1.55. The third-order valence-electron chi connectivity index (χ3n) is 1.42. The molecule has 1 aromatic rings. The molecule has 3 nitrogen and oxygen atoms in total. The van der Waals surface area contributed by atoms with Crippen molar-refractivity contribution in [2.45, 2.75) is 16.7 Å². The number of rotatable bonds is 4. The molecule has 72 valence electrons.